The zero-order valence-electron chi connectivity index (χ0n) is 14.8. The summed E-state index contributed by atoms with van der Waals surface area (Å²) in [6.07, 6.45) is 8.16. The quantitative estimate of drug-likeness (QED) is 0.849. The van der Waals surface area contributed by atoms with Crippen LogP contribution in [0.5, 0.6) is 0 Å². The highest BCUT2D eigenvalue weighted by molar-refractivity contribution is 5.86. The lowest BCUT2D eigenvalue weighted by atomic mass is 10.1. The molecule has 0 unspecified atom stereocenters. The number of carbonyl (C=O) groups is 2. The van der Waals surface area contributed by atoms with Gasteiger partial charge in [-0.05, 0) is 31.2 Å². The second kappa shape index (κ2) is 8.88. The first-order valence-electron chi connectivity index (χ1n) is 9.52. The minimum absolute atomic E-state index is 0.0129. The molecule has 0 aromatic heterocycles. The molecule has 1 aliphatic carbocycles. The van der Waals surface area contributed by atoms with E-state index in [0.29, 0.717) is 6.54 Å². The monoisotopic (exact) mass is 344 g/mol. The minimum Gasteiger partial charge on any atom is -0.445 e. The highest BCUT2D eigenvalue weighted by Gasteiger charge is 2.35. The van der Waals surface area contributed by atoms with Crippen LogP contribution in [0.2, 0.25) is 0 Å². The van der Waals surface area contributed by atoms with Crippen LogP contribution in [0.3, 0.4) is 0 Å². The molecule has 1 aromatic carbocycles. The molecule has 0 bridgehead atoms. The Kier molecular flexibility index (Phi) is 6.31. The Morgan fingerprint density at radius 1 is 1.00 bits per heavy atom. The Morgan fingerprint density at radius 2 is 1.72 bits per heavy atom. The van der Waals surface area contributed by atoms with Gasteiger partial charge in [0.25, 0.3) is 0 Å². The van der Waals surface area contributed by atoms with Crippen LogP contribution in [0.4, 0.5) is 4.79 Å². The zero-order valence-corrected chi connectivity index (χ0v) is 14.8. The third-order valence-electron chi connectivity index (χ3n) is 5.20. The van der Waals surface area contributed by atoms with Gasteiger partial charge in [-0.3, -0.25) is 9.69 Å². The molecule has 2 aliphatic rings. The van der Waals surface area contributed by atoms with Crippen molar-refractivity contribution in [3.8, 4) is 0 Å². The lowest BCUT2D eigenvalue weighted by Gasteiger charge is -2.25. The van der Waals surface area contributed by atoms with Crippen molar-refractivity contribution in [2.24, 2.45) is 0 Å². The molecule has 2 fully saturated rings. The van der Waals surface area contributed by atoms with Crippen LogP contribution in [-0.2, 0) is 16.1 Å². The second-order valence-electron chi connectivity index (χ2n) is 7.09. The summed E-state index contributed by atoms with van der Waals surface area (Å²) in [4.78, 5) is 26.7. The SMILES string of the molecule is O=C(NC1CCCCCC1)[C@H]1CCCN1C(=O)OCc1ccccc1. The van der Waals surface area contributed by atoms with Crippen molar-refractivity contribution in [3.05, 3.63) is 35.9 Å². The summed E-state index contributed by atoms with van der Waals surface area (Å²) < 4.78 is 5.41. The zero-order chi connectivity index (χ0) is 17.5. The Labute approximate surface area is 149 Å². The lowest BCUT2D eigenvalue weighted by Crippen LogP contribution is -2.48. The van der Waals surface area contributed by atoms with Crippen LogP contribution < -0.4 is 5.32 Å². The molecule has 0 radical (unpaired) electrons. The molecule has 0 spiro atoms. The fraction of sp³-hybridized carbons (Fsp3) is 0.600. The van der Waals surface area contributed by atoms with Crippen LogP contribution in [0.1, 0.15) is 56.9 Å². The highest BCUT2D eigenvalue weighted by Crippen LogP contribution is 2.21. The third kappa shape index (κ3) is 4.97. The van der Waals surface area contributed by atoms with Gasteiger partial charge in [0.2, 0.25) is 5.91 Å². The summed E-state index contributed by atoms with van der Waals surface area (Å²) in [6, 6.07) is 9.49. The van der Waals surface area contributed by atoms with Gasteiger partial charge in [0.15, 0.2) is 0 Å². The van der Waals surface area contributed by atoms with Crippen molar-refractivity contribution in [2.45, 2.75) is 70.1 Å². The Hall–Kier alpha value is -2.04. The van der Waals surface area contributed by atoms with E-state index in [0.717, 1.165) is 31.2 Å². The van der Waals surface area contributed by atoms with E-state index in [1.54, 1.807) is 4.90 Å². The Morgan fingerprint density at radius 3 is 2.44 bits per heavy atom. The average Bonchev–Trinajstić information content (AvgIpc) is 3.00. The molecule has 1 N–H and O–H groups in total. The molecule has 1 saturated carbocycles. The fourth-order valence-electron chi connectivity index (χ4n) is 3.78. The predicted molar refractivity (Wildman–Crippen MR) is 96.0 cm³/mol. The van der Waals surface area contributed by atoms with E-state index in [2.05, 4.69) is 5.32 Å². The first-order chi connectivity index (χ1) is 12.2. The summed E-state index contributed by atoms with van der Waals surface area (Å²) in [5.41, 5.74) is 0.953. The Bertz CT molecular complexity index is 568. The van der Waals surface area contributed by atoms with Crippen LogP contribution in [0.25, 0.3) is 0 Å². The van der Waals surface area contributed by atoms with E-state index in [1.165, 1.54) is 25.7 Å². The lowest BCUT2D eigenvalue weighted by molar-refractivity contribution is -0.126. The standard InChI is InChI=1S/C20H28N2O3/c23-19(21-17-11-6-1-2-7-12-17)18-13-8-14-22(18)20(24)25-15-16-9-4-3-5-10-16/h3-5,9-10,17-18H,1-2,6-8,11-15H2,(H,21,23)/t18-/m1/s1. The molecule has 1 heterocycles. The summed E-state index contributed by atoms with van der Waals surface area (Å²) in [5, 5.41) is 3.17. The normalized spacial score (nSPS) is 21.6. The Balaban J connectivity index is 1.52. The molecule has 5 heteroatoms. The predicted octanol–water partition coefficient (Wildman–Crippen LogP) is 3.63. The largest absolute Gasteiger partial charge is 0.445 e. The number of benzene rings is 1. The van der Waals surface area contributed by atoms with E-state index in [9.17, 15) is 9.59 Å². The summed E-state index contributed by atoms with van der Waals surface area (Å²) in [5.74, 6) is -0.0129. The van der Waals surface area contributed by atoms with Crippen LogP contribution in [0, 0.1) is 0 Å². The van der Waals surface area contributed by atoms with E-state index in [4.69, 9.17) is 4.74 Å². The second-order valence-corrected chi connectivity index (χ2v) is 7.09. The first-order valence-corrected chi connectivity index (χ1v) is 9.52. The molecular weight excluding hydrogens is 316 g/mol. The van der Waals surface area contributed by atoms with Gasteiger partial charge in [0, 0.05) is 12.6 Å². The maximum absolute atomic E-state index is 12.7. The summed E-state index contributed by atoms with van der Waals surface area (Å²) in [7, 11) is 0. The number of rotatable bonds is 4. The van der Waals surface area contributed by atoms with E-state index in [1.807, 2.05) is 30.3 Å². The van der Waals surface area contributed by atoms with Crippen LogP contribution in [0.15, 0.2) is 30.3 Å². The molecular formula is C20H28N2O3. The molecule has 136 valence electrons. The molecule has 1 saturated heterocycles. The smallest absolute Gasteiger partial charge is 0.410 e. The van der Waals surface area contributed by atoms with Gasteiger partial charge in [0.1, 0.15) is 12.6 Å². The van der Waals surface area contributed by atoms with E-state index < -0.39 is 0 Å². The van der Waals surface area contributed by atoms with Crippen molar-refractivity contribution in [1.82, 2.24) is 10.2 Å². The van der Waals surface area contributed by atoms with Crippen LogP contribution in [-0.4, -0.2) is 35.5 Å². The number of amides is 2. The van der Waals surface area contributed by atoms with Gasteiger partial charge < -0.3 is 10.1 Å². The van der Waals surface area contributed by atoms with E-state index in [-0.39, 0.29) is 30.7 Å². The van der Waals surface area contributed by atoms with Crippen molar-refractivity contribution in [1.29, 1.82) is 0 Å². The van der Waals surface area contributed by atoms with Crippen molar-refractivity contribution in [3.63, 3.8) is 0 Å². The topological polar surface area (TPSA) is 58.6 Å². The molecule has 5 nitrogen and oxygen atoms in total. The van der Waals surface area contributed by atoms with E-state index >= 15 is 0 Å². The van der Waals surface area contributed by atoms with Gasteiger partial charge >= 0.3 is 6.09 Å². The van der Waals surface area contributed by atoms with Gasteiger partial charge in [-0.1, -0.05) is 56.0 Å². The fourth-order valence-corrected chi connectivity index (χ4v) is 3.78. The van der Waals surface area contributed by atoms with Crippen LogP contribution >= 0.6 is 0 Å². The number of nitrogens with zero attached hydrogens (tertiary/aromatic N) is 1. The van der Waals surface area contributed by atoms with Gasteiger partial charge in [-0.2, -0.15) is 0 Å². The number of hydrogen-bond acceptors (Lipinski definition) is 3. The number of likely N-dealkylation sites (tertiary alicyclic amines) is 1. The summed E-state index contributed by atoms with van der Waals surface area (Å²) in [6.45, 7) is 0.837. The number of ether oxygens (including phenoxy) is 1. The van der Waals surface area contributed by atoms with Gasteiger partial charge in [-0.15, -0.1) is 0 Å². The average molecular weight is 344 g/mol. The van der Waals surface area contributed by atoms with Crippen molar-refractivity contribution < 1.29 is 14.3 Å². The number of hydrogen-bond donors (Lipinski definition) is 1. The summed E-state index contributed by atoms with van der Waals surface area (Å²) >= 11 is 0. The van der Waals surface area contributed by atoms with Crippen molar-refractivity contribution >= 4 is 12.0 Å². The highest BCUT2D eigenvalue weighted by atomic mass is 16.6. The van der Waals surface area contributed by atoms with Crippen molar-refractivity contribution in [2.75, 3.05) is 6.54 Å². The molecule has 1 aromatic rings. The number of carbonyl (C=O) groups excluding carboxylic acids is 2. The maximum Gasteiger partial charge on any atom is 0.410 e. The molecule has 25 heavy (non-hydrogen) atoms. The molecule has 1 aliphatic heterocycles. The molecule has 1 atom stereocenters. The number of nitrogens with one attached hydrogen (secondary N) is 1. The molecule has 3 rings (SSSR count). The van der Waals surface area contributed by atoms with Gasteiger partial charge in [0.05, 0.1) is 0 Å². The maximum atomic E-state index is 12.7. The first kappa shape index (κ1) is 17.8. The molecule has 2 amide bonds. The van der Waals surface area contributed by atoms with Gasteiger partial charge in [-0.25, -0.2) is 4.79 Å². The third-order valence-corrected chi connectivity index (χ3v) is 5.20. The minimum atomic E-state index is -0.387.